The molecule has 0 bridgehead atoms. The van der Waals surface area contributed by atoms with Crippen molar-refractivity contribution in [3.8, 4) is 5.88 Å². The molecule has 0 fully saturated rings. The highest BCUT2D eigenvalue weighted by Gasteiger charge is 2.19. The first-order valence-corrected chi connectivity index (χ1v) is 6.88. The van der Waals surface area contributed by atoms with E-state index in [9.17, 15) is 9.59 Å². The zero-order valence-corrected chi connectivity index (χ0v) is 13.0. The summed E-state index contributed by atoms with van der Waals surface area (Å²) in [5, 5.41) is 0.765. The number of rotatable bonds is 2. The van der Waals surface area contributed by atoms with E-state index in [0.29, 0.717) is 5.52 Å². The molecular formula is C13H12INO5. The standard InChI is InChI=1S/C13H12INO5/c1-3-19-13(17)20-11-7-8-6-9(14)4-5-10(8)15(11)12(16)18-2/h4-7H,3H2,1-2H3. The minimum atomic E-state index is -0.866. The molecule has 106 valence electrons. The van der Waals surface area contributed by atoms with Gasteiger partial charge in [-0.05, 0) is 47.7 Å². The number of benzene rings is 1. The highest BCUT2D eigenvalue weighted by molar-refractivity contribution is 14.1. The fraction of sp³-hybridized carbons (Fsp3) is 0.231. The third-order valence-electron chi connectivity index (χ3n) is 2.54. The average Bonchev–Trinajstić information content (AvgIpc) is 2.74. The van der Waals surface area contributed by atoms with Crippen LogP contribution in [0.15, 0.2) is 24.3 Å². The molecule has 0 unspecified atom stereocenters. The lowest BCUT2D eigenvalue weighted by Gasteiger charge is -2.07. The maximum absolute atomic E-state index is 11.8. The molecule has 0 aliphatic rings. The minimum Gasteiger partial charge on any atom is -0.452 e. The smallest absolute Gasteiger partial charge is 0.452 e. The Morgan fingerprint density at radius 2 is 2.05 bits per heavy atom. The SMILES string of the molecule is CCOC(=O)Oc1cc2cc(I)ccc2n1C(=O)OC. The molecule has 0 saturated carbocycles. The Kier molecular flexibility index (Phi) is 4.48. The summed E-state index contributed by atoms with van der Waals surface area (Å²) in [4.78, 5) is 23.2. The van der Waals surface area contributed by atoms with Crippen LogP contribution < -0.4 is 4.74 Å². The van der Waals surface area contributed by atoms with Crippen LogP contribution in [-0.2, 0) is 9.47 Å². The van der Waals surface area contributed by atoms with Crippen LogP contribution in [0.5, 0.6) is 5.88 Å². The third kappa shape index (κ3) is 2.87. The van der Waals surface area contributed by atoms with Crippen molar-refractivity contribution < 1.29 is 23.8 Å². The fourth-order valence-corrected chi connectivity index (χ4v) is 2.26. The summed E-state index contributed by atoms with van der Waals surface area (Å²) < 4.78 is 16.6. The molecule has 0 amide bonds. The Labute approximate surface area is 128 Å². The Morgan fingerprint density at radius 1 is 1.30 bits per heavy atom. The third-order valence-corrected chi connectivity index (χ3v) is 3.21. The van der Waals surface area contributed by atoms with Crippen LogP contribution in [0.3, 0.4) is 0 Å². The lowest BCUT2D eigenvalue weighted by molar-refractivity contribution is 0.101. The first-order valence-electron chi connectivity index (χ1n) is 5.80. The van der Waals surface area contributed by atoms with Gasteiger partial charge in [0.25, 0.3) is 0 Å². The number of methoxy groups -OCH3 is 1. The summed E-state index contributed by atoms with van der Waals surface area (Å²) >= 11 is 2.16. The van der Waals surface area contributed by atoms with Gasteiger partial charge >= 0.3 is 12.2 Å². The fourth-order valence-electron chi connectivity index (χ4n) is 1.75. The van der Waals surface area contributed by atoms with Crippen molar-refractivity contribution in [1.29, 1.82) is 0 Å². The van der Waals surface area contributed by atoms with E-state index < -0.39 is 12.2 Å². The van der Waals surface area contributed by atoms with Gasteiger partial charge in [0.2, 0.25) is 5.88 Å². The van der Waals surface area contributed by atoms with Gasteiger partial charge in [-0.15, -0.1) is 0 Å². The largest absolute Gasteiger partial charge is 0.515 e. The molecule has 1 aromatic heterocycles. The van der Waals surface area contributed by atoms with E-state index in [0.717, 1.165) is 8.96 Å². The molecule has 2 aromatic rings. The van der Waals surface area contributed by atoms with Crippen molar-refractivity contribution in [1.82, 2.24) is 4.57 Å². The zero-order chi connectivity index (χ0) is 14.7. The molecule has 0 aliphatic carbocycles. The lowest BCUT2D eigenvalue weighted by atomic mass is 10.2. The van der Waals surface area contributed by atoms with Gasteiger partial charge in [0, 0.05) is 15.0 Å². The molecule has 20 heavy (non-hydrogen) atoms. The van der Waals surface area contributed by atoms with Crippen molar-refractivity contribution in [2.45, 2.75) is 6.92 Å². The molecule has 6 nitrogen and oxygen atoms in total. The predicted octanol–water partition coefficient (Wildman–Crippen LogP) is 3.40. The number of hydrogen-bond acceptors (Lipinski definition) is 5. The number of fused-ring (bicyclic) bond motifs is 1. The van der Waals surface area contributed by atoms with Crippen LogP contribution in [0.2, 0.25) is 0 Å². The van der Waals surface area contributed by atoms with Crippen LogP contribution in [0.25, 0.3) is 10.9 Å². The number of halogens is 1. The van der Waals surface area contributed by atoms with Crippen LogP contribution in [-0.4, -0.2) is 30.5 Å². The summed E-state index contributed by atoms with van der Waals surface area (Å²) in [5.41, 5.74) is 0.594. The van der Waals surface area contributed by atoms with Crippen LogP contribution in [0.1, 0.15) is 6.92 Å². The maximum Gasteiger partial charge on any atom is 0.515 e. The highest BCUT2D eigenvalue weighted by Crippen LogP contribution is 2.27. The van der Waals surface area contributed by atoms with Gasteiger partial charge in [-0.3, -0.25) is 0 Å². The van der Waals surface area contributed by atoms with E-state index in [4.69, 9.17) is 14.2 Å². The molecule has 1 heterocycles. The van der Waals surface area contributed by atoms with Crippen molar-refractivity contribution in [2.75, 3.05) is 13.7 Å². The summed E-state index contributed by atoms with van der Waals surface area (Å²) in [7, 11) is 1.26. The second-order valence-corrected chi connectivity index (χ2v) is 5.02. The maximum atomic E-state index is 11.8. The normalized spacial score (nSPS) is 10.3. The molecule has 0 saturated heterocycles. The number of hydrogen-bond donors (Lipinski definition) is 0. The van der Waals surface area contributed by atoms with E-state index >= 15 is 0 Å². The van der Waals surface area contributed by atoms with E-state index in [1.807, 2.05) is 12.1 Å². The van der Waals surface area contributed by atoms with Crippen molar-refractivity contribution >= 4 is 45.7 Å². The second kappa shape index (κ2) is 6.12. The van der Waals surface area contributed by atoms with E-state index in [1.165, 1.54) is 11.7 Å². The van der Waals surface area contributed by atoms with Crippen LogP contribution in [0.4, 0.5) is 9.59 Å². The summed E-state index contributed by atoms with van der Waals surface area (Å²) in [6.45, 7) is 1.86. The summed E-state index contributed by atoms with van der Waals surface area (Å²) in [6.07, 6.45) is -1.50. The van der Waals surface area contributed by atoms with Gasteiger partial charge < -0.3 is 14.2 Å². The van der Waals surface area contributed by atoms with Crippen molar-refractivity contribution in [3.63, 3.8) is 0 Å². The highest BCUT2D eigenvalue weighted by atomic mass is 127. The molecule has 7 heteroatoms. The van der Waals surface area contributed by atoms with Gasteiger partial charge in [-0.1, -0.05) is 0 Å². The van der Waals surface area contributed by atoms with Gasteiger partial charge in [-0.25, -0.2) is 14.2 Å². The van der Waals surface area contributed by atoms with Crippen LogP contribution in [0, 0.1) is 3.57 Å². The first-order chi connectivity index (χ1) is 9.56. The number of aromatic nitrogens is 1. The van der Waals surface area contributed by atoms with Gasteiger partial charge in [0.15, 0.2) is 0 Å². The topological polar surface area (TPSA) is 66.8 Å². The van der Waals surface area contributed by atoms with Gasteiger partial charge in [0.1, 0.15) is 0 Å². The van der Waals surface area contributed by atoms with Crippen molar-refractivity contribution in [3.05, 3.63) is 27.8 Å². The lowest BCUT2D eigenvalue weighted by Crippen LogP contribution is -2.17. The van der Waals surface area contributed by atoms with Crippen LogP contribution >= 0.6 is 22.6 Å². The molecule has 0 spiro atoms. The molecule has 0 aliphatic heterocycles. The molecule has 2 rings (SSSR count). The number of carbonyl (C=O) groups is 2. The van der Waals surface area contributed by atoms with Crippen molar-refractivity contribution in [2.24, 2.45) is 0 Å². The Bertz CT molecular complexity index is 664. The molecule has 1 aromatic carbocycles. The Balaban J connectivity index is 2.51. The quantitative estimate of drug-likeness (QED) is 0.582. The summed E-state index contributed by atoms with van der Waals surface area (Å²) in [5.74, 6) is 0.0623. The Hall–Kier alpha value is -1.77. The molecule has 0 atom stereocenters. The Morgan fingerprint density at radius 3 is 2.70 bits per heavy atom. The van der Waals surface area contributed by atoms with E-state index in [1.54, 1.807) is 19.1 Å². The average molecular weight is 389 g/mol. The molecule has 0 radical (unpaired) electrons. The monoisotopic (exact) mass is 389 g/mol. The molecular weight excluding hydrogens is 377 g/mol. The second-order valence-electron chi connectivity index (χ2n) is 3.78. The minimum absolute atomic E-state index is 0.0623. The van der Waals surface area contributed by atoms with E-state index in [2.05, 4.69) is 22.6 Å². The summed E-state index contributed by atoms with van der Waals surface area (Å²) in [6, 6.07) is 7.06. The first kappa shape index (κ1) is 14.6. The van der Waals surface area contributed by atoms with E-state index in [-0.39, 0.29) is 12.5 Å². The number of carbonyl (C=O) groups excluding carboxylic acids is 2. The zero-order valence-electron chi connectivity index (χ0n) is 10.9. The van der Waals surface area contributed by atoms with Gasteiger partial charge in [-0.2, -0.15) is 0 Å². The number of nitrogens with zero attached hydrogens (tertiary/aromatic N) is 1. The van der Waals surface area contributed by atoms with Gasteiger partial charge in [0.05, 0.1) is 19.2 Å². The predicted molar refractivity (Wildman–Crippen MR) is 80.1 cm³/mol. The number of ether oxygens (including phenoxy) is 3. The molecule has 0 N–H and O–H groups in total.